The Hall–Kier alpha value is -0.710. The molecular formula is C8H14F2N2O. The number of alkyl halides is 2. The second-order valence-electron chi connectivity index (χ2n) is 3.43. The van der Waals surface area contributed by atoms with Crippen LogP contribution in [0.1, 0.15) is 32.1 Å². The van der Waals surface area contributed by atoms with E-state index in [1.165, 1.54) is 5.43 Å². The molecule has 5 heteroatoms. The molecule has 1 aliphatic carbocycles. The number of amides is 1. The maximum absolute atomic E-state index is 13.2. The molecule has 1 saturated carbocycles. The van der Waals surface area contributed by atoms with Crippen LogP contribution in [-0.2, 0) is 4.79 Å². The zero-order chi connectivity index (χ0) is 9.90. The third-order valence-corrected chi connectivity index (χ3v) is 2.55. The second-order valence-corrected chi connectivity index (χ2v) is 3.43. The SMILES string of the molecule is NNC(=O)C(F)(F)C1CCCCC1. The van der Waals surface area contributed by atoms with Crippen molar-refractivity contribution in [3.63, 3.8) is 0 Å². The van der Waals surface area contributed by atoms with Crippen LogP contribution in [0.2, 0.25) is 0 Å². The summed E-state index contributed by atoms with van der Waals surface area (Å²) in [5.74, 6) is -0.802. The lowest BCUT2D eigenvalue weighted by Crippen LogP contribution is -2.48. The van der Waals surface area contributed by atoms with Crippen LogP contribution in [-0.4, -0.2) is 11.8 Å². The van der Waals surface area contributed by atoms with Gasteiger partial charge < -0.3 is 0 Å². The van der Waals surface area contributed by atoms with Crippen LogP contribution >= 0.6 is 0 Å². The van der Waals surface area contributed by atoms with Gasteiger partial charge in [0.15, 0.2) is 0 Å². The van der Waals surface area contributed by atoms with Gasteiger partial charge in [0.1, 0.15) is 0 Å². The Labute approximate surface area is 75.6 Å². The van der Waals surface area contributed by atoms with Gasteiger partial charge in [-0.1, -0.05) is 19.3 Å². The summed E-state index contributed by atoms with van der Waals surface area (Å²) in [6, 6.07) is 0. The van der Waals surface area contributed by atoms with E-state index in [0.717, 1.165) is 19.3 Å². The fourth-order valence-electron chi connectivity index (χ4n) is 1.75. The lowest BCUT2D eigenvalue weighted by Gasteiger charge is -2.28. The van der Waals surface area contributed by atoms with Gasteiger partial charge in [0.25, 0.3) is 0 Å². The van der Waals surface area contributed by atoms with Crippen LogP contribution in [0.4, 0.5) is 8.78 Å². The molecule has 1 amide bonds. The monoisotopic (exact) mass is 192 g/mol. The first-order chi connectivity index (χ1) is 6.09. The average molecular weight is 192 g/mol. The summed E-state index contributed by atoms with van der Waals surface area (Å²) in [4.78, 5) is 10.7. The molecule has 0 bridgehead atoms. The molecule has 1 rings (SSSR count). The van der Waals surface area contributed by atoms with Crippen LogP contribution in [0.15, 0.2) is 0 Å². The van der Waals surface area contributed by atoms with E-state index in [0.29, 0.717) is 12.8 Å². The molecule has 1 fully saturated rings. The maximum atomic E-state index is 13.2. The molecule has 0 atom stereocenters. The van der Waals surface area contributed by atoms with Crippen LogP contribution in [0.5, 0.6) is 0 Å². The highest BCUT2D eigenvalue weighted by atomic mass is 19.3. The molecule has 1 aliphatic rings. The molecule has 0 radical (unpaired) electrons. The molecule has 13 heavy (non-hydrogen) atoms. The molecule has 0 spiro atoms. The van der Waals surface area contributed by atoms with Gasteiger partial charge >= 0.3 is 11.8 Å². The van der Waals surface area contributed by atoms with Crippen molar-refractivity contribution in [3.05, 3.63) is 0 Å². The van der Waals surface area contributed by atoms with E-state index >= 15 is 0 Å². The predicted molar refractivity (Wildman–Crippen MR) is 43.9 cm³/mol. The van der Waals surface area contributed by atoms with E-state index in [-0.39, 0.29) is 0 Å². The van der Waals surface area contributed by atoms with Crippen LogP contribution in [0.25, 0.3) is 0 Å². The van der Waals surface area contributed by atoms with Crippen molar-refractivity contribution in [3.8, 4) is 0 Å². The highest BCUT2D eigenvalue weighted by Crippen LogP contribution is 2.36. The number of hydrogen-bond donors (Lipinski definition) is 2. The molecule has 0 aromatic rings. The highest BCUT2D eigenvalue weighted by Gasteiger charge is 2.46. The molecule has 0 heterocycles. The maximum Gasteiger partial charge on any atom is 0.328 e. The standard InChI is InChI=1S/C8H14F2N2O/c9-8(10,7(13)12-11)6-4-2-1-3-5-6/h6H,1-5,11H2,(H,12,13). The summed E-state index contributed by atoms with van der Waals surface area (Å²) in [6.45, 7) is 0. The Kier molecular flexibility index (Phi) is 3.19. The minimum absolute atomic E-state index is 0.417. The first-order valence-corrected chi connectivity index (χ1v) is 4.48. The van der Waals surface area contributed by atoms with Gasteiger partial charge in [-0.2, -0.15) is 8.78 Å². The number of nitrogens with one attached hydrogen (secondary N) is 1. The first kappa shape index (κ1) is 10.4. The third-order valence-electron chi connectivity index (χ3n) is 2.55. The predicted octanol–water partition coefficient (Wildman–Crippen LogP) is 1.19. The highest BCUT2D eigenvalue weighted by molar-refractivity contribution is 5.83. The molecule has 0 aromatic carbocycles. The zero-order valence-electron chi connectivity index (χ0n) is 7.35. The second kappa shape index (κ2) is 4.00. The zero-order valence-corrected chi connectivity index (χ0v) is 7.35. The molecule has 3 N–H and O–H groups in total. The van der Waals surface area contributed by atoms with Crippen molar-refractivity contribution >= 4 is 5.91 Å². The normalized spacial score (nSPS) is 19.9. The first-order valence-electron chi connectivity index (χ1n) is 4.48. The lowest BCUT2D eigenvalue weighted by atomic mass is 9.84. The van der Waals surface area contributed by atoms with E-state index in [9.17, 15) is 13.6 Å². The van der Waals surface area contributed by atoms with Gasteiger partial charge in [0.05, 0.1) is 0 Å². The van der Waals surface area contributed by atoms with Gasteiger partial charge in [0, 0.05) is 5.92 Å². The van der Waals surface area contributed by atoms with E-state index < -0.39 is 17.7 Å². The number of rotatable bonds is 2. The van der Waals surface area contributed by atoms with E-state index in [1.54, 1.807) is 0 Å². The van der Waals surface area contributed by atoms with Crippen LogP contribution in [0, 0.1) is 5.92 Å². The molecular weight excluding hydrogens is 178 g/mol. The van der Waals surface area contributed by atoms with Gasteiger partial charge in [-0.3, -0.25) is 10.2 Å². The molecule has 76 valence electrons. The summed E-state index contributed by atoms with van der Waals surface area (Å²) in [5.41, 5.74) is 1.51. The minimum Gasteiger partial charge on any atom is -0.289 e. The van der Waals surface area contributed by atoms with Crippen LogP contribution < -0.4 is 11.3 Å². The van der Waals surface area contributed by atoms with E-state index in [1.807, 2.05) is 0 Å². The Balaban J connectivity index is 2.60. The molecule has 3 nitrogen and oxygen atoms in total. The Morgan fingerprint density at radius 3 is 2.31 bits per heavy atom. The van der Waals surface area contributed by atoms with Crippen molar-refractivity contribution in [1.29, 1.82) is 0 Å². The fraction of sp³-hybridized carbons (Fsp3) is 0.875. The number of nitrogens with two attached hydrogens (primary N) is 1. The summed E-state index contributed by atoms with van der Waals surface area (Å²) in [7, 11) is 0. The van der Waals surface area contributed by atoms with Crippen molar-refractivity contribution in [1.82, 2.24) is 5.43 Å². The van der Waals surface area contributed by atoms with Crippen molar-refractivity contribution in [2.75, 3.05) is 0 Å². The Bertz CT molecular complexity index is 191. The lowest BCUT2D eigenvalue weighted by molar-refractivity contribution is -0.156. The summed E-state index contributed by atoms with van der Waals surface area (Å²) in [5, 5.41) is 0. The third kappa shape index (κ3) is 2.15. The Morgan fingerprint density at radius 2 is 1.85 bits per heavy atom. The number of hydrogen-bond acceptors (Lipinski definition) is 2. The van der Waals surface area contributed by atoms with Gasteiger partial charge in [0.2, 0.25) is 0 Å². The topological polar surface area (TPSA) is 55.1 Å². The summed E-state index contributed by atoms with van der Waals surface area (Å²) >= 11 is 0. The summed E-state index contributed by atoms with van der Waals surface area (Å²) < 4.78 is 26.4. The minimum atomic E-state index is -3.30. The number of halogens is 2. The fourth-order valence-corrected chi connectivity index (χ4v) is 1.75. The average Bonchev–Trinajstić information content (AvgIpc) is 2.18. The van der Waals surface area contributed by atoms with E-state index in [4.69, 9.17) is 0 Å². The number of carbonyl (C=O) groups is 1. The van der Waals surface area contributed by atoms with Crippen LogP contribution in [0.3, 0.4) is 0 Å². The van der Waals surface area contributed by atoms with Gasteiger partial charge in [-0.15, -0.1) is 0 Å². The summed E-state index contributed by atoms with van der Waals surface area (Å²) in [6.07, 6.45) is 3.37. The molecule has 0 aliphatic heterocycles. The molecule has 0 unspecified atom stereocenters. The van der Waals surface area contributed by atoms with Gasteiger partial charge in [-0.25, -0.2) is 5.84 Å². The number of hydrazine groups is 1. The largest absolute Gasteiger partial charge is 0.328 e. The quantitative estimate of drug-likeness (QED) is 0.392. The molecule has 0 saturated heterocycles. The smallest absolute Gasteiger partial charge is 0.289 e. The Morgan fingerprint density at radius 1 is 1.31 bits per heavy atom. The van der Waals surface area contributed by atoms with E-state index in [2.05, 4.69) is 5.84 Å². The number of carbonyl (C=O) groups excluding carboxylic acids is 1. The van der Waals surface area contributed by atoms with Crippen molar-refractivity contribution in [2.45, 2.75) is 38.0 Å². The molecule has 0 aromatic heterocycles. The van der Waals surface area contributed by atoms with Gasteiger partial charge in [-0.05, 0) is 12.8 Å². The van der Waals surface area contributed by atoms with Crippen molar-refractivity contribution < 1.29 is 13.6 Å². The van der Waals surface area contributed by atoms with Crippen molar-refractivity contribution in [2.24, 2.45) is 11.8 Å².